The van der Waals surface area contributed by atoms with E-state index < -0.39 is 10.8 Å². The molecular weight excluding hydrogens is 306 g/mol. The average Bonchev–Trinajstić information content (AvgIpc) is 3.08. The van der Waals surface area contributed by atoms with E-state index in [9.17, 15) is 4.21 Å². The summed E-state index contributed by atoms with van der Waals surface area (Å²) in [5.74, 6) is 1.40. The number of hydrogen-bond donors (Lipinski definition) is 2. The minimum atomic E-state index is -0.963. The van der Waals surface area contributed by atoms with Crippen LogP contribution in [0.4, 0.5) is 0 Å². The van der Waals surface area contributed by atoms with E-state index in [1.807, 2.05) is 30.3 Å². The Morgan fingerprint density at radius 1 is 1.22 bits per heavy atom. The predicted octanol–water partition coefficient (Wildman–Crippen LogP) is 2.93. The van der Waals surface area contributed by atoms with Crippen molar-refractivity contribution in [2.45, 2.75) is 43.9 Å². The summed E-state index contributed by atoms with van der Waals surface area (Å²) in [5.41, 5.74) is 0.435. The third-order valence-electron chi connectivity index (χ3n) is 4.85. The van der Waals surface area contributed by atoms with Crippen molar-refractivity contribution in [3.8, 4) is 0 Å². The molecule has 1 atom stereocenters. The second-order valence-corrected chi connectivity index (χ2v) is 7.85. The van der Waals surface area contributed by atoms with E-state index in [0.717, 1.165) is 17.4 Å². The molecule has 2 N–H and O–H groups in total. The van der Waals surface area contributed by atoms with Gasteiger partial charge in [-0.15, -0.1) is 0 Å². The van der Waals surface area contributed by atoms with E-state index in [-0.39, 0.29) is 0 Å². The third-order valence-corrected chi connectivity index (χ3v) is 6.23. The van der Waals surface area contributed by atoms with Gasteiger partial charge in [0.2, 0.25) is 0 Å². The van der Waals surface area contributed by atoms with Crippen LogP contribution in [0.5, 0.6) is 0 Å². The molecule has 0 spiro atoms. The van der Waals surface area contributed by atoms with Crippen molar-refractivity contribution in [1.29, 1.82) is 0 Å². The van der Waals surface area contributed by atoms with E-state index >= 15 is 0 Å². The summed E-state index contributed by atoms with van der Waals surface area (Å²) in [4.78, 5) is 5.16. The summed E-state index contributed by atoms with van der Waals surface area (Å²) >= 11 is 0. The van der Waals surface area contributed by atoms with Crippen LogP contribution in [0.15, 0.2) is 40.2 Å². The minimum Gasteiger partial charge on any atom is -0.356 e. The van der Waals surface area contributed by atoms with Crippen molar-refractivity contribution in [2.24, 2.45) is 10.4 Å². The Labute approximate surface area is 142 Å². The Morgan fingerprint density at radius 3 is 2.52 bits per heavy atom. The fourth-order valence-electron chi connectivity index (χ4n) is 3.22. The molecule has 0 radical (unpaired) electrons. The van der Waals surface area contributed by atoms with Crippen LogP contribution in [0, 0.1) is 5.41 Å². The SMILES string of the molecule is CCC1(CNC(=NC)NCCS(=O)c2ccccc2)CCCC1. The van der Waals surface area contributed by atoms with Crippen LogP contribution in [0.1, 0.15) is 39.0 Å². The van der Waals surface area contributed by atoms with Crippen molar-refractivity contribution in [1.82, 2.24) is 10.6 Å². The van der Waals surface area contributed by atoms with Crippen LogP contribution in [0.3, 0.4) is 0 Å². The fourth-order valence-corrected chi connectivity index (χ4v) is 4.21. The Hall–Kier alpha value is -1.36. The van der Waals surface area contributed by atoms with Crippen molar-refractivity contribution in [3.63, 3.8) is 0 Å². The first kappa shape index (κ1) is 18.0. The quantitative estimate of drug-likeness (QED) is 0.595. The Bertz CT molecular complexity index is 524. The molecule has 4 nitrogen and oxygen atoms in total. The molecule has 128 valence electrons. The molecule has 1 aliphatic rings. The Kier molecular flexibility index (Phi) is 7.09. The lowest BCUT2D eigenvalue weighted by molar-refractivity contribution is 0.283. The van der Waals surface area contributed by atoms with Gasteiger partial charge in [0.05, 0.1) is 10.8 Å². The van der Waals surface area contributed by atoms with Crippen LogP contribution >= 0.6 is 0 Å². The normalized spacial score (nSPS) is 18.6. The number of hydrogen-bond acceptors (Lipinski definition) is 2. The first-order chi connectivity index (χ1) is 11.2. The molecule has 0 heterocycles. The first-order valence-corrected chi connectivity index (χ1v) is 9.89. The zero-order chi connectivity index (χ0) is 16.5. The van der Waals surface area contributed by atoms with Crippen LogP contribution in [-0.4, -0.2) is 36.1 Å². The fraction of sp³-hybridized carbons (Fsp3) is 0.611. The number of nitrogens with zero attached hydrogens (tertiary/aromatic N) is 1. The topological polar surface area (TPSA) is 53.5 Å². The highest BCUT2D eigenvalue weighted by Gasteiger charge is 2.31. The van der Waals surface area contributed by atoms with Gasteiger partial charge in [-0.2, -0.15) is 0 Å². The maximum absolute atomic E-state index is 12.2. The van der Waals surface area contributed by atoms with Gasteiger partial charge in [-0.3, -0.25) is 9.20 Å². The number of rotatable bonds is 7. The van der Waals surface area contributed by atoms with Gasteiger partial charge in [-0.05, 0) is 36.8 Å². The van der Waals surface area contributed by atoms with Gasteiger partial charge in [0.25, 0.3) is 0 Å². The zero-order valence-electron chi connectivity index (χ0n) is 14.3. The molecule has 1 aliphatic carbocycles. The molecule has 0 saturated heterocycles. The van der Waals surface area contributed by atoms with Gasteiger partial charge in [0.1, 0.15) is 0 Å². The van der Waals surface area contributed by atoms with Crippen molar-refractivity contribution < 1.29 is 4.21 Å². The van der Waals surface area contributed by atoms with Gasteiger partial charge in [0, 0.05) is 30.8 Å². The molecule has 1 aromatic carbocycles. The standard InChI is InChI=1S/C18H29N3OS/c1-3-18(11-7-8-12-18)15-21-17(19-2)20-13-14-23(22)16-9-5-4-6-10-16/h4-6,9-10H,3,7-8,11-15H2,1-2H3,(H2,19,20,21). The molecule has 23 heavy (non-hydrogen) atoms. The van der Waals surface area contributed by atoms with Gasteiger partial charge in [-0.1, -0.05) is 38.0 Å². The second kappa shape index (κ2) is 9.06. The average molecular weight is 336 g/mol. The number of guanidine groups is 1. The molecule has 5 heteroatoms. The minimum absolute atomic E-state index is 0.435. The lowest BCUT2D eigenvalue weighted by Crippen LogP contribution is -2.43. The smallest absolute Gasteiger partial charge is 0.191 e. The van der Waals surface area contributed by atoms with Crippen molar-refractivity contribution in [3.05, 3.63) is 30.3 Å². The lowest BCUT2D eigenvalue weighted by atomic mass is 9.83. The molecule has 0 bridgehead atoms. The Balaban J connectivity index is 1.74. The van der Waals surface area contributed by atoms with Crippen LogP contribution in [0.2, 0.25) is 0 Å². The summed E-state index contributed by atoms with van der Waals surface area (Å²) in [6.07, 6.45) is 6.53. The molecule has 2 rings (SSSR count). The van der Waals surface area contributed by atoms with Crippen LogP contribution < -0.4 is 10.6 Å². The van der Waals surface area contributed by atoms with E-state index in [2.05, 4.69) is 22.5 Å². The van der Waals surface area contributed by atoms with Crippen LogP contribution in [-0.2, 0) is 10.8 Å². The molecule has 1 saturated carbocycles. The van der Waals surface area contributed by atoms with Crippen LogP contribution in [0.25, 0.3) is 0 Å². The maximum Gasteiger partial charge on any atom is 0.191 e. The van der Waals surface area contributed by atoms with Gasteiger partial charge in [0.15, 0.2) is 5.96 Å². The van der Waals surface area contributed by atoms with Crippen molar-refractivity contribution >= 4 is 16.8 Å². The lowest BCUT2D eigenvalue weighted by Gasteiger charge is -2.28. The largest absolute Gasteiger partial charge is 0.356 e. The number of aliphatic imine (C=N–C) groups is 1. The highest BCUT2D eigenvalue weighted by Crippen LogP contribution is 2.40. The summed E-state index contributed by atoms with van der Waals surface area (Å²) in [6.45, 7) is 3.91. The summed E-state index contributed by atoms with van der Waals surface area (Å²) in [6, 6.07) is 9.61. The molecule has 0 amide bonds. The summed E-state index contributed by atoms with van der Waals surface area (Å²) in [7, 11) is 0.826. The summed E-state index contributed by atoms with van der Waals surface area (Å²) < 4.78 is 12.2. The third kappa shape index (κ3) is 5.34. The summed E-state index contributed by atoms with van der Waals surface area (Å²) in [5, 5.41) is 6.74. The van der Waals surface area contributed by atoms with E-state index in [1.165, 1.54) is 32.1 Å². The highest BCUT2D eigenvalue weighted by molar-refractivity contribution is 7.85. The van der Waals surface area contributed by atoms with Gasteiger partial charge < -0.3 is 10.6 Å². The molecular formula is C18H29N3OS. The van der Waals surface area contributed by atoms with E-state index in [4.69, 9.17) is 0 Å². The molecule has 1 aromatic rings. The zero-order valence-corrected chi connectivity index (χ0v) is 15.1. The van der Waals surface area contributed by atoms with E-state index in [1.54, 1.807) is 7.05 Å². The molecule has 0 aliphatic heterocycles. The Morgan fingerprint density at radius 2 is 1.91 bits per heavy atom. The van der Waals surface area contributed by atoms with Gasteiger partial charge >= 0.3 is 0 Å². The first-order valence-electron chi connectivity index (χ1n) is 8.57. The monoisotopic (exact) mass is 335 g/mol. The maximum atomic E-state index is 12.2. The van der Waals surface area contributed by atoms with E-state index in [0.29, 0.717) is 17.7 Å². The highest BCUT2D eigenvalue weighted by atomic mass is 32.2. The van der Waals surface area contributed by atoms with Gasteiger partial charge in [-0.25, -0.2) is 0 Å². The number of benzene rings is 1. The number of nitrogens with one attached hydrogen (secondary N) is 2. The molecule has 0 aromatic heterocycles. The van der Waals surface area contributed by atoms with Crippen molar-refractivity contribution in [2.75, 3.05) is 25.9 Å². The molecule has 1 unspecified atom stereocenters. The second-order valence-electron chi connectivity index (χ2n) is 6.28. The molecule has 1 fully saturated rings. The predicted molar refractivity (Wildman–Crippen MR) is 98.3 cm³/mol.